The predicted molar refractivity (Wildman–Crippen MR) is 67.2 cm³/mol. The minimum Gasteiger partial charge on any atom is -0.444 e. The average molecular weight is 249 g/mol. The largest absolute Gasteiger partial charge is 0.444 e. The molecule has 5 nitrogen and oxygen atoms in total. The lowest BCUT2D eigenvalue weighted by atomic mass is 10.1. The maximum Gasteiger partial charge on any atom is 0.208 e. The Labute approximate surface area is 107 Å². The quantitative estimate of drug-likeness (QED) is 0.902. The van der Waals surface area contributed by atoms with Crippen LogP contribution >= 0.6 is 0 Å². The Morgan fingerprint density at radius 2 is 1.83 bits per heavy atom. The van der Waals surface area contributed by atoms with E-state index < -0.39 is 0 Å². The van der Waals surface area contributed by atoms with Crippen LogP contribution in [0.5, 0.6) is 0 Å². The van der Waals surface area contributed by atoms with Crippen molar-refractivity contribution in [2.45, 2.75) is 47.2 Å². The van der Waals surface area contributed by atoms with E-state index in [2.05, 4.69) is 22.4 Å². The first-order valence-electron chi connectivity index (χ1n) is 6.08. The van der Waals surface area contributed by atoms with Crippen LogP contribution in [0.4, 0.5) is 0 Å². The van der Waals surface area contributed by atoms with E-state index in [9.17, 15) is 0 Å². The number of nitrogens with zero attached hydrogens (tertiary/aromatic N) is 2. The zero-order valence-electron chi connectivity index (χ0n) is 11.5. The highest BCUT2D eigenvalue weighted by Gasteiger charge is 2.16. The lowest BCUT2D eigenvalue weighted by Gasteiger charge is -2.11. The third kappa shape index (κ3) is 2.46. The maximum atomic E-state index is 5.53. The Bertz CT molecular complexity index is 503. The van der Waals surface area contributed by atoms with Crippen molar-refractivity contribution < 1.29 is 8.94 Å². The molecule has 1 N–H and O–H groups in total. The van der Waals surface area contributed by atoms with E-state index in [0.29, 0.717) is 12.4 Å². The summed E-state index contributed by atoms with van der Waals surface area (Å²) in [5.74, 6) is 2.44. The normalized spacial score (nSPS) is 12.9. The number of nitrogens with one attached hydrogen (secondary N) is 1. The second kappa shape index (κ2) is 4.94. The fraction of sp³-hybridized carbons (Fsp3) is 0.538. The number of rotatable bonds is 4. The Balaban J connectivity index is 2.02. The van der Waals surface area contributed by atoms with Gasteiger partial charge in [0.05, 0.1) is 17.9 Å². The van der Waals surface area contributed by atoms with E-state index in [1.165, 1.54) is 0 Å². The Kier molecular flexibility index (Phi) is 3.52. The summed E-state index contributed by atoms with van der Waals surface area (Å²) in [6, 6.07) is 0.156. The van der Waals surface area contributed by atoms with Gasteiger partial charge in [-0.05, 0) is 34.6 Å². The zero-order chi connectivity index (χ0) is 13.3. The summed E-state index contributed by atoms with van der Waals surface area (Å²) in [7, 11) is 0. The monoisotopic (exact) mass is 249 g/mol. The molecular formula is C13H19N3O2. The van der Waals surface area contributed by atoms with Gasteiger partial charge in [0.25, 0.3) is 0 Å². The van der Waals surface area contributed by atoms with Crippen LogP contribution in [0, 0.1) is 27.7 Å². The molecule has 0 spiro atoms. The van der Waals surface area contributed by atoms with Crippen molar-refractivity contribution >= 4 is 0 Å². The molecule has 0 fully saturated rings. The van der Waals surface area contributed by atoms with Gasteiger partial charge in [-0.3, -0.25) is 0 Å². The molecule has 18 heavy (non-hydrogen) atoms. The molecule has 0 aliphatic heterocycles. The minimum atomic E-state index is 0.156. The molecule has 0 amide bonds. The van der Waals surface area contributed by atoms with Crippen molar-refractivity contribution in [2.24, 2.45) is 0 Å². The summed E-state index contributed by atoms with van der Waals surface area (Å²) in [5, 5.41) is 7.32. The van der Waals surface area contributed by atoms with Crippen LogP contribution in [0.2, 0.25) is 0 Å². The second-order valence-corrected chi connectivity index (χ2v) is 4.59. The van der Waals surface area contributed by atoms with Gasteiger partial charge < -0.3 is 14.3 Å². The van der Waals surface area contributed by atoms with E-state index in [-0.39, 0.29) is 6.04 Å². The van der Waals surface area contributed by atoms with Crippen molar-refractivity contribution in [3.63, 3.8) is 0 Å². The standard InChI is InChI=1S/C13H19N3O2/c1-7-10(4)17-12(15-7)6-14-8(2)13-9(3)16-18-11(13)5/h8,14H,6H2,1-5H3. The van der Waals surface area contributed by atoms with Gasteiger partial charge >= 0.3 is 0 Å². The summed E-state index contributed by atoms with van der Waals surface area (Å²) in [6.45, 7) is 10.4. The van der Waals surface area contributed by atoms with Crippen LogP contribution in [0.15, 0.2) is 8.94 Å². The summed E-state index contributed by atoms with van der Waals surface area (Å²) in [5.41, 5.74) is 2.97. The van der Waals surface area contributed by atoms with Gasteiger partial charge in [0.2, 0.25) is 5.89 Å². The molecule has 0 saturated heterocycles. The molecule has 2 rings (SSSR count). The first kappa shape index (κ1) is 12.8. The third-order valence-corrected chi connectivity index (χ3v) is 3.15. The molecule has 0 bridgehead atoms. The third-order valence-electron chi connectivity index (χ3n) is 3.15. The van der Waals surface area contributed by atoms with Gasteiger partial charge in [-0.25, -0.2) is 4.98 Å². The van der Waals surface area contributed by atoms with Crippen LogP contribution in [-0.4, -0.2) is 10.1 Å². The topological polar surface area (TPSA) is 64.1 Å². The molecule has 5 heteroatoms. The van der Waals surface area contributed by atoms with E-state index in [0.717, 1.165) is 28.5 Å². The van der Waals surface area contributed by atoms with E-state index >= 15 is 0 Å². The second-order valence-electron chi connectivity index (χ2n) is 4.59. The molecule has 98 valence electrons. The lowest BCUT2D eigenvalue weighted by Crippen LogP contribution is -2.19. The molecule has 0 aromatic carbocycles. The molecule has 2 heterocycles. The highest BCUT2D eigenvalue weighted by molar-refractivity contribution is 5.24. The van der Waals surface area contributed by atoms with Crippen LogP contribution in [0.1, 0.15) is 47.3 Å². The molecule has 2 aromatic heterocycles. The number of aromatic nitrogens is 2. The van der Waals surface area contributed by atoms with Gasteiger partial charge in [0, 0.05) is 11.6 Å². The highest BCUT2D eigenvalue weighted by atomic mass is 16.5. The molecule has 0 saturated carbocycles. The summed E-state index contributed by atoms with van der Waals surface area (Å²) in [4.78, 5) is 4.34. The van der Waals surface area contributed by atoms with Gasteiger partial charge in [0.15, 0.2) is 0 Å². The smallest absolute Gasteiger partial charge is 0.208 e. The van der Waals surface area contributed by atoms with Crippen molar-refractivity contribution in [3.05, 3.63) is 34.4 Å². The van der Waals surface area contributed by atoms with Gasteiger partial charge in [-0.1, -0.05) is 5.16 Å². The van der Waals surface area contributed by atoms with Crippen molar-refractivity contribution in [3.8, 4) is 0 Å². The number of hydrogen-bond donors (Lipinski definition) is 1. The summed E-state index contributed by atoms with van der Waals surface area (Å²) >= 11 is 0. The highest BCUT2D eigenvalue weighted by Crippen LogP contribution is 2.21. The summed E-state index contributed by atoms with van der Waals surface area (Å²) < 4.78 is 10.7. The van der Waals surface area contributed by atoms with Crippen molar-refractivity contribution in [1.29, 1.82) is 0 Å². The zero-order valence-corrected chi connectivity index (χ0v) is 11.5. The molecular weight excluding hydrogens is 230 g/mol. The number of oxazole rings is 1. The average Bonchev–Trinajstić information content (AvgIpc) is 2.80. The van der Waals surface area contributed by atoms with Crippen molar-refractivity contribution in [1.82, 2.24) is 15.5 Å². The predicted octanol–water partition coefficient (Wildman–Crippen LogP) is 2.75. The van der Waals surface area contributed by atoms with Crippen LogP contribution in [0.3, 0.4) is 0 Å². The van der Waals surface area contributed by atoms with Crippen LogP contribution < -0.4 is 5.32 Å². The van der Waals surface area contributed by atoms with Crippen LogP contribution in [0.25, 0.3) is 0 Å². The maximum absolute atomic E-state index is 5.53. The number of hydrogen-bond acceptors (Lipinski definition) is 5. The molecule has 0 aliphatic rings. The molecule has 1 unspecified atom stereocenters. The number of aryl methyl sites for hydroxylation is 4. The van der Waals surface area contributed by atoms with Crippen LogP contribution in [-0.2, 0) is 6.54 Å². The van der Waals surface area contributed by atoms with E-state index in [4.69, 9.17) is 8.94 Å². The molecule has 0 radical (unpaired) electrons. The Morgan fingerprint density at radius 3 is 2.33 bits per heavy atom. The molecule has 1 atom stereocenters. The fourth-order valence-electron chi connectivity index (χ4n) is 2.07. The molecule has 2 aromatic rings. The van der Waals surface area contributed by atoms with E-state index in [1.807, 2.05) is 27.7 Å². The van der Waals surface area contributed by atoms with Crippen molar-refractivity contribution in [2.75, 3.05) is 0 Å². The SMILES string of the molecule is Cc1nc(CNC(C)c2c(C)noc2C)oc1C. The van der Waals surface area contributed by atoms with Gasteiger partial charge in [-0.15, -0.1) is 0 Å². The summed E-state index contributed by atoms with van der Waals surface area (Å²) in [6.07, 6.45) is 0. The van der Waals surface area contributed by atoms with Gasteiger partial charge in [-0.2, -0.15) is 0 Å². The fourth-order valence-corrected chi connectivity index (χ4v) is 2.07. The first-order valence-corrected chi connectivity index (χ1v) is 6.08. The Hall–Kier alpha value is -1.62. The van der Waals surface area contributed by atoms with Gasteiger partial charge in [0.1, 0.15) is 11.5 Å². The Morgan fingerprint density at radius 1 is 1.11 bits per heavy atom. The lowest BCUT2D eigenvalue weighted by molar-refractivity contribution is 0.389. The minimum absolute atomic E-state index is 0.156. The van der Waals surface area contributed by atoms with E-state index in [1.54, 1.807) is 0 Å². The first-order chi connectivity index (χ1) is 8.49. The molecule has 0 aliphatic carbocycles.